The number of hydrogen-bond donors (Lipinski definition) is 1. The fourth-order valence-electron chi connectivity index (χ4n) is 2.58. The highest BCUT2D eigenvalue weighted by Crippen LogP contribution is 2.30. The van der Waals surface area contributed by atoms with E-state index < -0.39 is 0 Å². The summed E-state index contributed by atoms with van der Waals surface area (Å²) in [4.78, 5) is 6.42. The summed E-state index contributed by atoms with van der Waals surface area (Å²) in [5, 5.41) is 15.6. The van der Waals surface area contributed by atoms with Crippen LogP contribution in [0.15, 0.2) is 65.8 Å². The van der Waals surface area contributed by atoms with Crippen LogP contribution in [0.4, 0.5) is 0 Å². The number of rotatable bonds is 2. The highest BCUT2D eigenvalue weighted by Gasteiger charge is 2.15. The van der Waals surface area contributed by atoms with Crippen molar-refractivity contribution in [3.05, 3.63) is 76.1 Å². The minimum atomic E-state index is 0.461. The molecule has 4 rings (SSSR count). The number of pyridine rings is 1. The van der Waals surface area contributed by atoms with Crippen LogP contribution in [-0.4, -0.2) is 15.9 Å². The second-order valence-electron chi connectivity index (χ2n) is 5.11. The normalized spacial score (nSPS) is 12.1. The van der Waals surface area contributed by atoms with Crippen LogP contribution in [0.1, 0.15) is 10.4 Å². The van der Waals surface area contributed by atoms with Gasteiger partial charge in [-0.05, 0) is 24.3 Å². The quantitative estimate of drug-likeness (QED) is 0.305. The van der Waals surface area contributed by atoms with E-state index in [-0.39, 0.29) is 0 Å². The van der Waals surface area contributed by atoms with Crippen molar-refractivity contribution in [2.75, 3.05) is 0 Å². The minimum Gasteiger partial charge on any atom is -0.410 e. The Morgan fingerprint density at radius 3 is 2.61 bits per heavy atom. The molecule has 2 aromatic heterocycles. The Bertz CT molecular complexity index is 1000. The van der Waals surface area contributed by atoms with Gasteiger partial charge in [-0.15, -0.1) is 11.3 Å². The summed E-state index contributed by atoms with van der Waals surface area (Å²) in [5.41, 5.74) is 2.11. The molecule has 2 aromatic carbocycles. The number of aromatic nitrogens is 1. The number of fused-ring (bicyclic) bond motifs is 2. The fourth-order valence-corrected chi connectivity index (χ4v) is 3.83. The van der Waals surface area contributed by atoms with Gasteiger partial charge in [-0.1, -0.05) is 53.2 Å². The summed E-state index contributed by atoms with van der Waals surface area (Å²) < 4.78 is 0. The molecular formula is C18H11ClN2OS. The lowest BCUT2D eigenvalue weighted by Gasteiger charge is -2.03. The Hall–Kier alpha value is -2.43. The van der Waals surface area contributed by atoms with Gasteiger partial charge < -0.3 is 5.21 Å². The van der Waals surface area contributed by atoms with Gasteiger partial charge in [0.1, 0.15) is 10.5 Å². The summed E-state index contributed by atoms with van der Waals surface area (Å²) in [5.74, 6) is 0. The summed E-state index contributed by atoms with van der Waals surface area (Å²) in [6, 6.07) is 19.4. The van der Waals surface area contributed by atoms with E-state index in [1.54, 1.807) is 6.07 Å². The van der Waals surface area contributed by atoms with Crippen LogP contribution in [0.25, 0.3) is 21.1 Å². The van der Waals surface area contributed by atoms with E-state index in [4.69, 9.17) is 11.6 Å². The molecule has 0 amide bonds. The molecule has 0 atom stereocenters. The molecule has 2 heterocycles. The Morgan fingerprint density at radius 1 is 1.00 bits per heavy atom. The molecule has 0 fully saturated rings. The maximum absolute atomic E-state index is 9.49. The topological polar surface area (TPSA) is 45.5 Å². The first kappa shape index (κ1) is 14.2. The molecule has 0 saturated carbocycles. The molecule has 1 N–H and O–H groups in total. The number of thiophene rings is 1. The highest BCUT2D eigenvalue weighted by atomic mass is 35.5. The SMILES string of the molecule is O/N=C(/c1cc2cc3ccccc3nc2s1)c1ccccc1Cl. The molecule has 0 aliphatic rings. The van der Waals surface area contributed by atoms with Crippen LogP contribution in [-0.2, 0) is 0 Å². The molecule has 0 spiro atoms. The largest absolute Gasteiger partial charge is 0.410 e. The molecule has 112 valence electrons. The van der Waals surface area contributed by atoms with Crippen molar-refractivity contribution in [3.63, 3.8) is 0 Å². The average Bonchev–Trinajstić information content (AvgIpc) is 2.97. The van der Waals surface area contributed by atoms with Crippen LogP contribution in [0.5, 0.6) is 0 Å². The third-order valence-electron chi connectivity index (χ3n) is 3.67. The summed E-state index contributed by atoms with van der Waals surface area (Å²) in [6.45, 7) is 0. The molecular weight excluding hydrogens is 328 g/mol. The summed E-state index contributed by atoms with van der Waals surface area (Å²) in [7, 11) is 0. The van der Waals surface area contributed by atoms with Gasteiger partial charge in [-0.3, -0.25) is 0 Å². The smallest absolute Gasteiger partial charge is 0.128 e. The number of nitrogens with zero attached hydrogens (tertiary/aromatic N) is 2. The Morgan fingerprint density at radius 2 is 1.78 bits per heavy atom. The number of oxime groups is 1. The molecule has 0 saturated heterocycles. The zero-order valence-corrected chi connectivity index (χ0v) is 13.5. The van der Waals surface area contributed by atoms with Crippen LogP contribution in [0.3, 0.4) is 0 Å². The van der Waals surface area contributed by atoms with Crippen molar-refractivity contribution in [3.8, 4) is 0 Å². The van der Waals surface area contributed by atoms with Crippen LogP contribution in [0, 0.1) is 0 Å². The zero-order valence-electron chi connectivity index (χ0n) is 11.9. The van der Waals surface area contributed by atoms with E-state index >= 15 is 0 Å². The van der Waals surface area contributed by atoms with E-state index in [0.29, 0.717) is 16.3 Å². The molecule has 4 aromatic rings. The van der Waals surface area contributed by atoms with Crippen molar-refractivity contribution >= 4 is 49.8 Å². The predicted octanol–water partition coefficient (Wildman–Crippen LogP) is 5.33. The van der Waals surface area contributed by atoms with E-state index in [1.807, 2.05) is 48.5 Å². The first-order valence-electron chi connectivity index (χ1n) is 7.03. The van der Waals surface area contributed by atoms with E-state index in [2.05, 4.69) is 16.2 Å². The third-order valence-corrected chi connectivity index (χ3v) is 5.05. The highest BCUT2D eigenvalue weighted by molar-refractivity contribution is 7.20. The predicted molar refractivity (Wildman–Crippen MR) is 96.0 cm³/mol. The van der Waals surface area contributed by atoms with Crippen molar-refractivity contribution in [1.29, 1.82) is 0 Å². The average molecular weight is 339 g/mol. The Balaban J connectivity index is 1.91. The lowest BCUT2D eigenvalue weighted by atomic mass is 10.1. The van der Waals surface area contributed by atoms with Crippen molar-refractivity contribution in [2.45, 2.75) is 0 Å². The number of para-hydroxylation sites is 1. The standard InChI is InChI=1S/C18H11ClN2OS/c19-14-7-3-2-6-13(14)17(21-22)16-10-12-9-11-5-1-4-8-15(11)20-18(12)23-16/h1-10,22H/b21-17+. The van der Waals surface area contributed by atoms with Crippen molar-refractivity contribution < 1.29 is 5.21 Å². The van der Waals surface area contributed by atoms with Crippen LogP contribution < -0.4 is 0 Å². The lowest BCUT2D eigenvalue weighted by molar-refractivity contribution is 0.320. The molecule has 0 unspecified atom stereocenters. The van der Waals surface area contributed by atoms with Crippen LogP contribution in [0.2, 0.25) is 5.02 Å². The first-order chi connectivity index (χ1) is 11.3. The molecule has 23 heavy (non-hydrogen) atoms. The van der Waals surface area contributed by atoms with Gasteiger partial charge in [0.25, 0.3) is 0 Å². The number of halogens is 1. The van der Waals surface area contributed by atoms with E-state index in [0.717, 1.165) is 26.0 Å². The summed E-state index contributed by atoms with van der Waals surface area (Å²) in [6.07, 6.45) is 0. The molecule has 0 bridgehead atoms. The first-order valence-corrected chi connectivity index (χ1v) is 8.22. The van der Waals surface area contributed by atoms with Gasteiger partial charge in [0.05, 0.1) is 15.4 Å². The lowest BCUT2D eigenvalue weighted by Crippen LogP contribution is -2.01. The molecule has 0 aliphatic carbocycles. The number of hydrogen-bond acceptors (Lipinski definition) is 4. The second kappa shape index (κ2) is 5.65. The molecule has 3 nitrogen and oxygen atoms in total. The van der Waals surface area contributed by atoms with Crippen LogP contribution >= 0.6 is 22.9 Å². The van der Waals surface area contributed by atoms with E-state index in [1.165, 1.54) is 11.3 Å². The van der Waals surface area contributed by atoms with E-state index in [9.17, 15) is 5.21 Å². The van der Waals surface area contributed by atoms with Gasteiger partial charge in [0, 0.05) is 16.3 Å². The van der Waals surface area contributed by atoms with Gasteiger partial charge in [-0.2, -0.15) is 0 Å². The van der Waals surface area contributed by atoms with Gasteiger partial charge in [0.15, 0.2) is 0 Å². The van der Waals surface area contributed by atoms with Gasteiger partial charge in [0.2, 0.25) is 0 Å². The second-order valence-corrected chi connectivity index (χ2v) is 6.55. The molecule has 0 radical (unpaired) electrons. The van der Waals surface area contributed by atoms with Crippen molar-refractivity contribution in [1.82, 2.24) is 4.98 Å². The van der Waals surface area contributed by atoms with Crippen molar-refractivity contribution in [2.24, 2.45) is 5.16 Å². The monoisotopic (exact) mass is 338 g/mol. The molecule has 0 aliphatic heterocycles. The number of benzene rings is 2. The van der Waals surface area contributed by atoms with Gasteiger partial charge in [-0.25, -0.2) is 4.98 Å². The maximum Gasteiger partial charge on any atom is 0.128 e. The van der Waals surface area contributed by atoms with Gasteiger partial charge >= 0.3 is 0 Å². The Labute approximate surface area is 141 Å². The third kappa shape index (κ3) is 2.46. The maximum atomic E-state index is 9.49. The zero-order chi connectivity index (χ0) is 15.8. The molecule has 5 heteroatoms. The Kier molecular flexibility index (Phi) is 3.48. The summed E-state index contributed by atoms with van der Waals surface area (Å²) >= 11 is 7.72. The fraction of sp³-hybridized carbons (Fsp3) is 0. The minimum absolute atomic E-state index is 0.461.